The number of benzene rings is 1. The molecule has 0 fully saturated rings. The number of nitrogens with zero attached hydrogens (tertiary/aromatic N) is 1. The van der Waals surface area contributed by atoms with Crippen LogP contribution in [-0.2, 0) is 19.3 Å². The lowest BCUT2D eigenvalue weighted by Crippen LogP contribution is -2.16. The Morgan fingerprint density at radius 1 is 1.24 bits per heavy atom. The Morgan fingerprint density at radius 2 is 2.00 bits per heavy atom. The summed E-state index contributed by atoms with van der Waals surface area (Å²) in [6.45, 7) is 3.07. The molecule has 0 atom stereocenters. The van der Waals surface area contributed by atoms with E-state index in [-0.39, 0.29) is 5.56 Å². The van der Waals surface area contributed by atoms with Gasteiger partial charge >= 0.3 is 0 Å². The van der Waals surface area contributed by atoms with Gasteiger partial charge in [0.25, 0.3) is 5.56 Å². The molecule has 2 aromatic rings. The third-order valence-corrected chi connectivity index (χ3v) is 3.18. The highest BCUT2D eigenvalue weighted by Gasteiger charge is 2.02. The monoisotopic (exact) mass is 287 g/mol. The van der Waals surface area contributed by atoms with Crippen molar-refractivity contribution in [2.24, 2.45) is 5.73 Å². The number of H-pyrrole nitrogens is 1. The van der Waals surface area contributed by atoms with Crippen LogP contribution in [0.15, 0.2) is 35.1 Å². The lowest BCUT2D eigenvalue weighted by Gasteiger charge is -2.07. The van der Waals surface area contributed by atoms with Crippen molar-refractivity contribution >= 4 is 0 Å². The summed E-state index contributed by atoms with van der Waals surface area (Å²) in [4.78, 5) is 18.6. The molecule has 0 radical (unpaired) electrons. The number of nitrogens with one attached hydrogen (secondary N) is 1. The van der Waals surface area contributed by atoms with Crippen LogP contribution in [0.2, 0.25) is 0 Å². The molecule has 21 heavy (non-hydrogen) atoms. The first-order chi connectivity index (χ1) is 10.2. The number of rotatable bonds is 7. The molecule has 0 bridgehead atoms. The van der Waals surface area contributed by atoms with Gasteiger partial charge in [-0.25, -0.2) is 4.98 Å². The Balaban J connectivity index is 1.91. The number of aryl methyl sites for hydroxylation is 1. The highest BCUT2D eigenvalue weighted by atomic mass is 16.5. The highest BCUT2D eigenvalue weighted by Crippen LogP contribution is 2.12. The summed E-state index contributed by atoms with van der Waals surface area (Å²) in [5, 5.41) is 0. The van der Waals surface area contributed by atoms with Gasteiger partial charge in [0.15, 0.2) is 0 Å². The zero-order chi connectivity index (χ0) is 15.1. The lowest BCUT2D eigenvalue weighted by atomic mass is 10.2. The first-order valence-electron chi connectivity index (χ1n) is 7.22. The van der Waals surface area contributed by atoms with E-state index in [9.17, 15) is 4.79 Å². The minimum Gasteiger partial charge on any atom is -0.493 e. The van der Waals surface area contributed by atoms with Crippen molar-refractivity contribution < 1.29 is 4.74 Å². The first-order valence-corrected chi connectivity index (χ1v) is 7.22. The van der Waals surface area contributed by atoms with E-state index in [1.54, 1.807) is 0 Å². The van der Waals surface area contributed by atoms with E-state index in [2.05, 4.69) is 29.0 Å². The van der Waals surface area contributed by atoms with E-state index in [1.807, 2.05) is 12.1 Å². The lowest BCUT2D eigenvalue weighted by molar-refractivity contribution is 0.318. The maximum Gasteiger partial charge on any atom is 0.251 e. The van der Waals surface area contributed by atoms with Crippen LogP contribution in [-0.4, -0.2) is 23.1 Å². The van der Waals surface area contributed by atoms with Crippen LogP contribution < -0.4 is 16.0 Å². The van der Waals surface area contributed by atoms with Gasteiger partial charge in [-0.2, -0.15) is 0 Å². The second-order valence-electron chi connectivity index (χ2n) is 4.82. The molecule has 112 valence electrons. The minimum atomic E-state index is -0.143. The molecule has 0 saturated carbocycles. The van der Waals surface area contributed by atoms with Gasteiger partial charge in [-0.15, -0.1) is 0 Å². The topological polar surface area (TPSA) is 81.0 Å². The fraction of sp³-hybridized carbons (Fsp3) is 0.375. The molecule has 5 heteroatoms. The van der Waals surface area contributed by atoms with Crippen molar-refractivity contribution in [3.8, 4) is 5.75 Å². The van der Waals surface area contributed by atoms with Crippen LogP contribution in [0.5, 0.6) is 5.75 Å². The number of nitrogens with two attached hydrogens (primary N) is 1. The third-order valence-electron chi connectivity index (χ3n) is 3.18. The smallest absolute Gasteiger partial charge is 0.251 e. The van der Waals surface area contributed by atoms with Gasteiger partial charge in [0.05, 0.1) is 6.61 Å². The zero-order valence-corrected chi connectivity index (χ0v) is 12.3. The Hall–Kier alpha value is -2.14. The standard InChI is InChI=1S/C16H21N3O2/c1-2-12-3-5-14(6-4-12)21-10-8-15-18-13(7-9-17)11-16(20)19-15/h3-6,11H,2,7-10,17H2,1H3,(H,18,19,20). The molecule has 0 spiro atoms. The van der Waals surface area contributed by atoms with Crippen LogP contribution in [0.25, 0.3) is 0 Å². The van der Waals surface area contributed by atoms with Crippen LogP contribution in [0.4, 0.5) is 0 Å². The molecule has 0 aliphatic carbocycles. The molecule has 3 N–H and O–H groups in total. The molecule has 0 unspecified atom stereocenters. The molecule has 2 rings (SSSR count). The summed E-state index contributed by atoms with van der Waals surface area (Å²) in [6.07, 6.45) is 2.18. The minimum absolute atomic E-state index is 0.143. The number of aromatic amines is 1. The second-order valence-corrected chi connectivity index (χ2v) is 4.82. The molecule has 5 nitrogen and oxygen atoms in total. The highest BCUT2D eigenvalue weighted by molar-refractivity contribution is 5.27. The van der Waals surface area contributed by atoms with Crippen molar-refractivity contribution in [2.45, 2.75) is 26.2 Å². The van der Waals surface area contributed by atoms with E-state index in [0.717, 1.165) is 17.9 Å². The van der Waals surface area contributed by atoms with Crippen LogP contribution in [0.3, 0.4) is 0 Å². The van der Waals surface area contributed by atoms with Crippen molar-refractivity contribution in [1.82, 2.24) is 9.97 Å². The molecule has 0 amide bonds. The van der Waals surface area contributed by atoms with E-state index in [4.69, 9.17) is 10.5 Å². The van der Waals surface area contributed by atoms with E-state index < -0.39 is 0 Å². The predicted molar refractivity (Wildman–Crippen MR) is 82.6 cm³/mol. The number of ether oxygens (including phenoxy) is 1. The number of hydrogen-bond acceptors (Lipinski definition) is 4. The molecule has 1 aromatic carbocycles. The number of aromatic nitrogens is 2. The first kappa shape index (κ1) is 15.3. The van der Waals surface area contributed by atoms with E-state index in [1.165, 1.54) is 11.6 Å². The fourth-order valence-corrected chi connectivity index (χ4v) is 2.04. The van der Waals surface area contributed by atoms with Gasteiger partial charge in [0, 0.05) is 24.6 Å². The van der Waals surface area contributed by atoms with Crippen molar-refractivity contribution in [3.05, 3.63) is 57.8 Å². The van der Waals surface area contributed by atoms with Crippen molar-refractivity contribution in [2.75, 3.05) is 13.2 Å². The molecule has 0 aliphatic heterocycles. The molecule has 1 aromatic heterocycles. The summed E-state index contributed by atoms with van der Waals surface area (Å²) >= 11 is 0. The molecular weight excluding hydrogens is 266 g/mol. The van der Waals surface area contributed by atoms with Crippen LogP contribution in [0.1, 0.15) is 24.0 Å². The summed E-state index contributed by atoms with van der Waals surface area (Å²) < 4.78 is 5.66. The Bertz CT molecular complexity index is 620. The largest absolute Gasteiger partial charge is 0.493 e. The van der Waals surface area contributed by atoms with E-state index >= 15 is 0 Å². The average Bonchev–Trinajstić information content (AvgIpc) is 2.48. The summed E-state index contributed by atoms with van der Waals surface area (Å²) in [7, 11) is 0. The second kappa shape index (κ2) is 7.59. The van der Waals surface area contributed by atoms with Gasteiger partial charge in [-0.05, 0) is 30.7 Å². The quantitative estimate of drug-likeness (QED) is 0.807. The van der Waals surface area contributed by atoms with Gasteiger partial charge in [0.1, 0.15) is 11.6 Å². The zero-order valence-electron chi connectivity index (χ0n) is 12.3. The van der Waals surface area contributed by atoms with Crippen LogP contribution >= 0.6 is 0 Å². The summed E-state index contributed by atoms with van der Waals surface area (Å²) in [5.74, 6) is 1.46. The number of hydrogen-bond donors (Lipinski definition) is 2. The molecule has 1 heterocycles. The van der Waals surface area contributed by atoms with Gasteiger partial charge in [-0.3, -0.25) is 4.79 Å². The average molecular weight is 287 g/mol. The van der Waals surface area contributed by atoms with Gasteiger partial charge in [0.2, 0.25) is 0 Å². The molecule has 0 saturated heterocycles. The summed E-state index contributed by atoms with van der Waals surface area (Å²) in [5.41, 5.74) is 7.35. The maximum atomic E-state index is 11.5. The molecular formula is C16H21N3O2. The Kier molecular flexibility index (Phi) is 5.51. The van der Waals surface area contributed by atoms with Gasteiger partial charge in [-0.1, -0.05) is 19.1 Å². The third kappa shape index (κ3) is 4.72. The van der Waals surface area contributed by atoms with Crippen molar-refractivity contribution in [1.29, 1.82) is 0 Å². The predicted octanol–water partition coefficient (Wildman–Crippen LogP) is 1.45. The normalized spacial score (nSPS) is 10.6. The SMILES string of the molecule is CCc1ccc(OCCc2nc(CCN)cc(=O)[nH]2)cc1. The fourth-order valence-electron chi connectivity index (χ4n) is 2.04. The van der Waals surface area contributed by atoms with Crippen LogP contribution in [0, 0.1) is 0 Å². The summed E-state index contributed by atoms with van der Waals surface area (Å²) in [6, 6.07) is 9.51. The molecule has 0 aliphatic rings. The maximum absolute atomic E-state index is 11.5. The van der Waals surface area contributed by atoms with Crippen molar-refractivity contribution in [3.63, 3.8) is 0 Å². The Morgan fingerprint density at radius 3 is 2.67 bits per heavy atom. The Labute approximate surface area is 124 Å². The van der Waals surface area contributed by atoms with Gasteiger partial charge < -0.3 is 15.5 Å². The van der Waals surface area contributed by atoms with E-state index in [0.29, 0.717) is 31.8 Å².